The van der Waals surface area contributed by atoms with E-state index in [1.807, 2.05) is 72.8 Å². The van der Waals surface area contributed by atoms with Crippen LogP contribution in [0.2, 0.25) is 0 Å². The van der Waals surface area contributed by atoms with E-state index in [9.17, 15) is 0 Å². The quantitative estimate of drug-likeness (QED) is 0.176. The van der Waals surface area contributed by atoms with E-state index in [0.29, 0.717) is 17.5 Å². The molecule has 288 valence electrons. The summed E-state index contributed by atoms with van der Waals surface area (Å²) in [4.78, 5) is 16.3. The Balaban J connectivity index is 1.14. The van der Waals surface area contributed by atoms with Crippen molar-refractivity contribution in [2.75, 3.05) is 0 Å². The monoisotopic (exact) mass is 794 g/mol. The molecule has 7 heteroatoms. The average molecular weight is 795 g/mol. The van der Waals surface area contributed by atoms with Crippen LogP contribution < -0.4 is 0 Å². The van der Waals surface area contributed by atoms with Gasteiger partial charge in [-0.2, -0.15) is 0 Å². The fourth-order valence-electron chi connectivity index (χ4n) is 9.70. The van der Waals surface area contributed by atoms with Crippen LogP contribution in [0.3, 0.4) is 0 Å². The minimum absolute atomic E-state index is 0.503. The molecule has 0 saturated heterocycles. The molecule has 0 aliphatic carbocycles. The maximum absolute atomic E-state index is 6.63. The van der Waals surface area contributed by atoms with Crippen LogP contribution in [0.25, 0.3) is 138 Å². The molecule has 0 fully saturated rings. The lowest BCUT2D eigenvalue weighted by Gasteiger charge is -2.15. The van der Waals surface area contributed by atoms with E-state index < -0.39 is 0 Å². The first-order chi connectivity index (χ1) is 30.7. The molecule has 0 aliphatic rings. The molecule has 7 nitrogen and oxygen atoms in total. The fraction of sp³-hybridized carbons (Fsp3) is 0. The average Bonchev–Trinajstić information content (AvgIpc) is 4.09. The molecule has 0 bridgehead atoms. The highest BCUT2D eigenvalue weighted by Crippen LogP contribution is 2.43. The third-order valence-electron chi connectivity index (χ3n) is 12.4. The van der Waals surface area contributed by atoms with Crippen LogP contribution in [-0.2, 0) is 0 Å². The summed E-state index contributed by atoms with van der Waals surface area (Å²) in [5, 5.41) is 10.6. The van der Waals surface area contributed by atoms with Gasteiger partial charge in [0.2, 0.25) is 0 Å². The van der Waals surface area contributed by atoms with Gasteiger partial charge in [0, 0.05) is 59.8 Å². The van der Waals surface area contributed by atoms with Crippen LogP contribution in [0, 0.1) is 0 Å². The summed E-state index contributed by atoms with van der Waals surface area (Å²) in [6.07, 6.45) is 0. The molecule has 9 aromatic carbocycles. The van der Waals surface area contributed by atoms with Crippen molar-refractivity contribution in [1.29, 1.82) is 0 Å². The van der Waals surface area contributed by atoms with Crippen LogP contribution in [0.4, 0.5) is 0 Å². The first-order valence-electron chi connectivity index (χ1n) is 20.7. The third-order valence-corrected chi connectivity index (χ3v) is 12.4. The molecule has 0 amide bonds. The van der Waals surface area contributed by atoms with Crippen LogP contribution >= 0.6 is 0 Å². The lowest BCUT2D eigenvalue weighted by molar-refractivity contribution is 0.668. The summed E-state index contributed by atoms with van der Waals surface area (Å²) in [7, 11) is 0. The molecule has 0 N–H and O–H groups in total. The Hall–Kier alpha value is -8.55. The number of hydrogen-bond donors (Lipinski definition) is 0. The van der Waals surface area contributed by atoms with E-state index in [4.69, 9.17) is 28.2 Å². The second kappa shape index (κ2) is 12.5. The molecule has 62 heavy (non-hydrogen) atoms. The molecule has 0 spiro atoms. The van der Waals surface area contributed by atoms with Crippen molar-refractivity contribution >= 4 is 98.4 Å². The largest absolute Gasteiger partial charge is 0.456 e. The van der Waals surface area contributed by atoms with E-state index in [1.165, 1.54) is 5.39 Å². The smallest absolute Gasteiger partial charge is 0.166 e. The van der Waals surface area contributed by atoms with Gasteiger partial charge in [-0.15, -0.1) is 0 Å². The van der Waals surface area contributed by atoms with Crippen LogP contribution in [-0.4, -0.2) is 19.5 Å². The molecule has 0 saturated carbocycles. The lowest BCUT2D eigenvalue weighted by atomic mass is 10.0. The first kappa shape index (κ1) is 33.3. The van der Waals surface area contributed by atoms with Gasteiger partial charge in [0.15, 0.2) is 17.5 Å². The Kier molecular flexibility index (Phi) is 6.71. The molecule has 14 rings (SSSR count). The van der Waals surface area contributed by atoms with Crippen molar-refractivity contribution in [1.82, 2.24) is 19.5 Å². The summed E-state index contributed by atoms with van der Waals surface area (Å²) in [6.45, 7) is 0. The highest BCUT2D eigenvalue weighted by molar-refractivity contribution is 6.16. The van der Waals surface area contributed by atoms with Crippen molar-refractivity contribution in [2.24, 2.45) is 0 Å². The standard InChI is InChI=1S/C55H30N4O3/c1-2-14-32-28-43-39(27-31(32)13-1)33-15-3-7-21-42(33)59(43)44-29-40-34-16-4-8-22-45(34)62-50(40)30-41(44)55-57-53(37-19-11-25-48-51(37)35-17-5-9-23-46(35)60-48)56-54(58-55)38-20-12-26-49-52(38)36-18-6-10-24-47(36)61-49/h1-30H. The highest BCUT2D eigenvalue weighted by Gasteiger charge is 2.25. The molecular formula is C55H30N4O3. The predicted octanol–water partition coefficient (Wildman–Crippen LogP) is 14.8. The number of aromatic nitrogens is 4. The predicted molar refractivity (Wildman–Crippen MR) is 250 cm³/mol. The normalized spacial score (nSPS) is 12.2. The Labute approximate surface area is 351 Å². The summed E-state index contributed by atoms with van der Waals surface area (Å²) in [5.74, 6) is 1.55. The fourth-order valence-corrected chi connectivity index (χ4v) is 9.70. The molecule has 14 aromatic rings. The number of para-hydroxylation sites is 4. The van der Waals surface area contributed by atoms with Crippen molar-refractivity contribution in [3.63, 3.8) is 0 Å². The number of furan rings is 3. The van der Waals surface area contributed by atoms with Gasteiger partial charge < -0.3 is 17.8 Å². The van der Waals surface area contributed by atoms with Crippen molar-refractivity contribution in [3.8, 4) is 39.9 Å². The van der Waals surface area contributed by atoms with E-state index in [-0.39, 0.29) is 0 Å². The van der Waals surface area contributed by atoms with E-state index in [0.717, 1.165) is 115 Å². The molecular weight excluding hydrogens is 765 g/mol. The SMILES string of the molecule is c1ccc2cc3c(cc2c1)c1ccccc1n3-c1cc2c(cc1-c1nc(-c3cccc4oc5ccccc5c34)nc(-c3cccc4oc5ccccc5c34)n1)oc1ccccc12. The van der Waals surface area contributed by atoms with Gasteiger partial charge in [-0.25, -0.2) is 15.0 Å². The van der Waals surface area contributed by atoms with Gasteiger partial charge >= 0.3 is 0 Å². The molecule has 5 aromatic heterocycles. The van der Waals surface area contributed by atoms with Gasteiger partial charge in [-0.3, -0.25) is 0 Å². The summed E-state index contributed by atoms with van der Waals surface area (Å²) in [5.41, 5.74) is 10.2. The van der Waals surface area contributed by atoms with Gasteiger partial charge in [0.1, 0.15) is 33.5 Å². The maximum atomic E-state index is 6.63. The summed E-state index contributed by atoms with van der Waals surface area (Å²) >= 11 is 0. The third kappa shape index (κ3) is 4.73. The summed E-state index contributed by atoms with van der Waals surface area (Å²) < 4.78 is 21.8. The van der Waals surface area contributed by atoms with E-state index in [1.54, 1.807) is 0 Å². The number of benzene rings is 9. The first-order valence-corrected chi connectivity index (χ1v) is 20.7. The number of fused-ring (bicyclic) bond motifs is 13. The number of rotatable bonds is 4. The van der Waals surface area contributed by atoms with Gasteiger partial charge in [-0.1, -0.05) is 121 Å². The topological polar surface area (TPSA) is 83.0 Å². The maximum Gasteiger partial charge on any atom is 0.166 e. The van der Waals surface area contributed by atoms with Gasteiger partial charge in [0.25, 0.3) is 0 Å². The van der Waals surface area contributed by atoms with Crippen LogP contribution in [0.15, 0.2) is 195 Å². The zero-order chi connectivity index (χ0) is 40.5. The second-order valence-electron chi connectivity index (χ2n) is 15.9. The zero-order valence-corrected chi connectivity index (χ0v) is 32.8. The van der Waals surface area contributed by atoms with E-state index >= 15 is 0 Å². The molecule has 0 radical (unpaired) electrons. The zero-order valence-electron chi connectivity index (χ0n) is 32.8. The van der Waals surface area contributed by atoms with Crippen molar-refractivity contribution < 1.29 is 13.3 Å². The van der Waals surface area contributed by atoms with Gasteiger partial charge in [-0.05, 0) is 71.4 Å². The van der Waals surface area contributed by atoms with Crippen LogP contribution in [0.5, 0.6) is 0 Å². The Morgan fingerprint density at radius 2 is 0.790 bits per heavy atom. The number of hydrogen-bond acceptors (Lipinski definition) is 6. The lowest BCUT2D eigenvalue weighted by Crippen LogP contribution is -2.04. The molecule has 0 atom stereocenters. The van der Waals surface area contributed by atoms with Crippen LogP contribution in [0.1, 0.15) is 0 Å². The van der Waals surface area contributed by atoms with Crippen molar-refractivity contribution in [3.05, 3.63) is 182 Å². The number of nitrogens with zero attached hydrogens (tertiary/aromatic N) is 4. The van der Waals surface area contributed by atoms with E-state index in [2.05, 4.69) is 114 Å². The minimum Gasteiger partial charge on any atom is -0.456 e. The summed E-state index contributed by atoms with van der Waals surface area (Å²) in [6, 6.07) is 62.7. The Bertz CT molecular complexity index is 4060. The Morgan fingerprint density at radius 3 is 1.44 bits per heavy atom. The Morgan fingerprint density at radius 1 is 0.306 bits per heavy atom. The molecule has 0 unspecified atom stereocenters. The minimum atomic E-state index is 0.503. The molecule has 0 aliphatic heterocycles. The molecule has 5 heterocycles. The van der Waals surface area contributed by atoms with Gasteiger partial charge in [0.05, 0.1) is 16.7 Å². The second-order valence-corrected chi connectivity index (χ2v) is 15.9. The van der Waals surface area contributed by atoms with Crippen molar-refractivity contribution in [2.45, 2.75) is 0 Å². The highest BCUT2D eigenvalue weighted by atomic mass is 16.3.